The van der Waals surface area contributed by atoms with E-state index >= 15 is 0 Å². The second-order valence-corrected chi connectivity index (χ2v) is 6.69. The molecule has 0 bridgehead atoms. The predicted molar refractivity (Wildman–Crippen MR) is 98.7 cm³/mol. The summed E-state index contributed by atoms with van der Waals surface area (Å²) in [4.78, 5) is 11.6. The molecule has 29 heavy (non-hydrogen) atoms. The van der Waals surface area contributed by atoms with Gasteiger partial charge in [0.25, 0.3) is 0 Å². The van der Waals surface area contributed by atoms with Gasteiger partial charge in [0.05, 0.1) is 18.7 Å². The predicted octanol–water partition coefficient (Wildman–Crippen LogP) is 5.44. The molecule has 1 aliphatic rings. The van der Waals surface area contributed by atoms with Gasteiger partial charge in [-0.15, -0.1) is 0 Å². The fourth-order valence-electron chi connectivity index (χ4n) is 3.29. The summed E-state index contributed by atoms with van der Waals surface area (Å²) in [5.74, 6) is 0.347. The highest BCUT2D eigenvalue weighted by molar-refractivity contribution is 5.66. The molecule has 0 saturated heterocycles. The van der Waals surface area contributed by atoms with Gasteiger partial charge < -0.3 is 9.47 Å². The molecule has 0 aliphatic heterocycles. The standard InChI is InChI=1S/C21H20F3NO4/c1-28-20(26)25(27)19-10-3-6-15(19)11-14-5-2-8-17(12-14)29-18-9-4-7-16(13-18)21(22,23)24/h2-9,12-13,15,19,27H,10-11H2,1H3/t15-,19+/m0/s1. The van der Waals surface area contributed by atoms with Gasteiger partial charge in [-0.2, -0.15) is 18.2 Å². The van der Waals surface area contributed by atoms with Crippen molar-refractivity contribution < 1.29 is 32.6 Å². The van der Waals surface area contributed by atoms with E-state index in [1.54, 1.807) is 18.2 Å². The summed E-state index contributed by atoms with van der Waals surface area (Å²) in [6.45, 7) is 0. The van der Waals surface area contributed by atoms with Crippen LogP contribution in [-0.4, -0.2) is 29.5 Å². The zero-order chi connectivity index (χ0) is 21.0. The van der Waals surface area contributed by atoms with E-state index in [1.807, 2.05) is 18.2 Å². The highest BCUT2D eigenvalue weighted by atomic mass is 19.4. The van der Waals surface area contributed by atoms with Gasteiger partial charge in [-0.05, 0) is 48.7 Å². The normalized spacial score (nSPS) is 18.5. The van der Waals surface area contributed by atoms with Gasteiger partial charge in [-0.3, -0.25) is 5.21 Å². The maximum Gasteiger partial charge on any atom is 0.433 e. The lowest BCUT2D eigenvalue weighted by molar-refractivity contribution is -0.137. The molecular formula is C21H20F3NO4. The van der Waals surface area contributed by atoms with Crippen LogP contribution in [0, 0.1) is 5.92 Å². The van der Waals surface area contributed by atoms with Gasteiger partial charge in [0.15, 0.2) is 0 Å². The molecule has 0 aromatic heterocycles. The molecular weight excluding hydrogens is 387 g/mol. The highest BCUT2D eigenvalue weighted by Gasteiger charge is 2.32. The third-order valence-electron chi connectivity index (χ3n) is 4.70. The summed E-state index contributed by atoms with van der Waals surface area (Å²) in [5.41, 5.74) is 0.0743. The minimum Gasteiger partial charge on any atom is -0.457 e. The Bertz CT molecular complexity index is 897. The van der Waals surface area contributed by atoms with Crippen molar-refractivity contribution >= 4 is 6.09 Å². The molecule has 0 spiro atoms. The fraction of sp³-hybridized carbons (Fsp3) is 0.286. The van der Waals surface area contributed by atoms with Crippen LogP contribution in [0.15, 0.2) is 60.7 Å². The summed E-state index contributed by atoms with van der Waals surface area (Å²) >= 11 is 0. The van der Waals surface area contributed by atoms with Crippen LogP contribution in [0.25, 0.3) is 0 Å². The summed E-state index contributed by atoms with van der Waals surface area (Å²) in [6.07, 6.45) is -0.473. The average molecular weight is 407 g/mol. The van der Waals surface area contributed by atoms with Crippen molar-refractivity contribution in [3.63, 3.8) is 0 Å². The van der Waals surface area contributed by atoms with Gasteiger partial charge >= 0.3 is 12.3 Å². The van der Waals surface area contributed by atoms with Crippen LogP contribution in [0.2, 0.25) is 0 Å². The number of benzene rings is 2. The number of carbonyl (C=O) groups excluding carboxylic acids is 1. The molecule has 5 nitrogen and oxygen atoms in total. The molecule has 8 heteroatoms. The SMILES string of the molecule is COC(=O)N(O)[C@@H]1CC=C[C@H]1Cc1cccc(Oc2cccc(C(F)(F)F)c2)c1. The van der Waals surface area contributed by atoms with Crippen LogP contribution in [0.1, 0.15) is 17.5 Å². The monoisotopic (exact) mass is 407 g/mol. The number of hydroxylamine groups is 2. The van der Waals surface area contributed by atoms with Crippen molar-refractivity contribution in [3.05, 3.63) is 71.8 Å². The van der Waals surface area contributed by atoms with E-state index in [1.165, 1.54) is 19.2 Å². The zero-order valence-corrected chi connectivity index (χ0v) is 15.6. The van der Waals surface area contributed by atoms with Crippen molar-refractivity contribution in [1.82, 2.24) is 5.06 Å². The van der Waals surface area contributed by atoms with E-state index in [-0.39, 0.29) is 11.7 Å². The molecule has 1 N–H and O–H groups in total. The molecule has 0 unspecified atom stereocenters. The van der Waals surface area contributed by atoms with Gasteiger partial charge in [-0.1, -0.05) is 30.4 Å². The second kappa shape index (κ2) is 8.57. The lowest BCUT2D eigenvalue weighted by Crippen LogP contribution is -2.40. The Balaban J connectivity index is 1.72. The minimum atomic E-state index is -4.44. The summed E-state index contributed by atoms with van der Waals surface area (Å²) < 4.78 is 48.7. The molecule has 0 saturated carbocycles. The van der Waals surface area contributed by atoms with Gasteiger partial charge in [0.1, 0.15) is 11.5 Å². The van der Waals surface area contributed by atoms with Crippen molar-refractivity contribution in [3.8, 4) is 11.5 Å². The summed E-state index contributed by atoms with van der Waals surface area (Å²) in [5, 5.41) is 10.6. The molecule has 0 fully saturated rings. The van der Waals surface area contributed by atoms with E-state index in [0.717, 1.165) is 17.7 Å². The number of hydrogen-bond acceptors (Lipinski definition) is 4. The first-order valence-electron chi connectivity index (χ1n) is 8.94. The summed E-state index contributed by atoms with van der Waals surface area (Å²) in [6, 6.07) is 11.2. The quantitative estimate of drug-likeness (QED) is 0.407. The molecule has 3 rings (SSSR count). The lowest BCUT2D eigenvalue weighted by Gasteiger charge is -2.26. The Hall–Kier alpha value is -3.00. The summed E-state index contributed by atoms with van der Waals surface area (Å²) in [7, 11) is 1.19. The Morgan fingerprint density at radius 3 is 2.55 bits per heavy atom. The number of methoxy groups -OCH3 is 1. The van der Waals surface area contributed by atoms with Crippen LogP contribution in [0.3, 0.4) is 0 Å². The van der Waals surface area contributed by atoms with Crippen LogP contribution in [0.4, 0.5) is 18.0 Å². The molecule has 1 amide bonds. The number of alkyl halides is 3. The van der Waals surface area contributed by atoms with Crippen molar-refractivity contribution in [2.75, 3.05) is 7.11 Å². The van der Waals surface area contributed by atoms with Crippen molar-refractivity contribution in [2.45, 2.75) is 25.1 Å². The van der Waals surface area contributed by atoms with Crippen molar-refractivity contribution in [1.29, 1.82) is 0 Å². The smallest absolute Gasteiger partial charge is 0.433 e. The number of carbonyl (C=O) groups is 1. The Morgan fingerprint density at radius 2 is 1.86 bits per heavy atom. The van der Waals surface area contributed by atoms with Crippen LogP contribution < -0.4 is 4.74 Å². The minimum absolute atomic E-state index is 0.0860. The van der Waals surface area contributed by atoms with Crippen LogP contribution in [-0.2, 0) is 17.3 Å². The first-order valence-corrected chi connectivity index (χ1v) is 8.94. The highest BCUT2D eigenvalue weighted by Crippen LogP contribution is 2.33. The molecule has 2 aromatic carbocycles. The number of hydrogen-bond donors (Lipinski definition) is 1. The van der Waals surface area contributed by atoms with Crippen LogP contribution in [0.5, 0.6) is 11.5 Å². The topological polar surface area (TPSA) is 59.0 Å². The Kier molecular flexibility index (Phi) is 6.12. The molecule has 1 aliphatic carbocycles. The van der Waals surface area contributed by atoms with E-state index < -0.39 is 23.9 Å². The number of amides is 1. The van der Waals surface area contributed by atoms with Gasteiger partial charge in [0, 0.05) is 5.92 Å². The third-order valence-corrected chi connectivity index (χ3v) is 4.70. The lowest BCUT2D eigenvalue weighted by atomic mass is 9.94. The average Bonchev–Trinajstić information content (AvgIpc) is 3.14. The molecule has 154 valence electrons. The number of ether oxygens (including phenoxy) is 2. The first-order chi connectivity index (χ1) is 13.8. The third kappa shape index (κ3) is 5.08. The maximum atomic E-state index is 12.9. The molecule has 2 atom stereocenters. The van der Waals surface area contributed by atoms with E-state index in [9.17, 15) is 23.2 Å². The Labute approximate surface area is 165 Å². The van der Waals surface area contributed by atoms with Gasteiger partial charge in [0.2, 0.25) is 0 Å². The van der Waals surface area contributed by atoms with Crippen LogP contribution >= 0.6 is 0 Å². The number of nitrogens with zero attached hydrogens (tertiary/aromatic N) is 1. The fourth-order valence-corrected chi connectivity index (χ4v) is 3.29. The second-order valence-electron chi connectivity index (χ2n) is 6.69. The van der Waals surface area contributed by atoms with E-state index in [0.29, 0.717) is 23.7 Å². The molecule has 2 aromatic rings. The molecule has 0 heterocycles. The largest absolute Gasteiger partial charge is 0.457 e. The van der Waals surface area contributed by atoms with Crippen molar-refractivity contribution in [2.24, 2.45) is 5.92 Å². The maximum absolute atomic E-state index is 12.9. The first kappa shape index (κ1) is 20.7. The number of halogens is 3. The van der Waals surface area contributed by atoms with E-state index in [4.69, 9.17) is 4.74 Å². The Morgan fingerprint density at radius 1 is 1.17 bits per heavy atom. The van der Waals surface area contributed by atoms with E-state index in [2.05, 4.69) is 4.74 Å². The zero-order valence-electron chi connectivity index (χ0n) is 15.6. The molecule has 0 radical (unpaired) electrons. The number of rotatable bonds is 5. The van der Waals surface area contributed by atoms with Gasteiger partial charge in [-0.25, -0.2) is 4.79 Å².